The van der Waals surface area contributed by atoms with Crippen molar-refractivity contribution in [2.75, 3.05) is 38.8 Å². The summed E-state index contributed by atoms with van der Waals surface area (Å²) in [5.74, 6) is 0.390. The van der Waals surface area contributed by atoms with E-state index >= 15 is 0 Å². The number of carbonyl (C=O) groups excluding carboxylic acids is 1. The molecular weight excluding hydrogens is 278 g/mol. The molecule has 7 nitrogen and oxygen atoms in total. The van der Waals surface area contributed by atoms with E-state index < -0.39 is 0 Å². The summed E-state index contributed by atoms with van der Waals surface area (Å²) in [4.78, 5) is 13.8. The van der Waals surface area contributed by atoms with Gasteiger partial charge in [-0.1, -0.05) is 12.2 Å². The van der Waals surface area contributed by atoms with E-state index in [4.69, 9.17) is 22.7 Å². The quantitative estimate of drug-likeness (QED) is 0.651. The molecule has 0 fully saturated rings. The number of nitrogens with one attached hydrogen (secondary N) is 1. The third-order valence-corrected chi connectivity index (χ3v) is 2.83. The van der Waals surface area contributed by atoms with Crippen LogP contribution in [0.5, 0.6) is 0 Å². The van der Waals surface area contributed by atoms with Crippen LogP contribution in [-0.4, -0.2) is 54.9 Å². The molecule has 0 spiro atoms. The van der Waals surface area contributed by atoms with E-state index in [2.05, 4.69) is 15.5 Å². The standard InChI is InChI=1S/C12H19N5O2S/c1-14-12(18)9-3-4-11(16-15-9)17(7-8-19-2)6-5-10(13)20/h3-4H,5-8H2,1-2H3,(H2,13,20)(H,14,18). The topological polar surface area (TPSA) is 93.4 Å². The van der Waals surface area contributed by atoms with Gasteiger partial charge in [0.2, 0.25) is 0 Å². The highest BCUT2D eigenvalue weighted by molar-refractivity contribution is 7.80. The van der Waals surface area contributed by atoms with Crippen molar-refractivity contribution in [3.63, 3.8) is 0 Å². The fourth-order valence-corrected chi connectivity index (χ4v) is 1.62. The number of aromatic nitrogens is 2. The molecule has 0 atom stereocenters. The fourth-order valence-electron chi connectivity index (χ4n) is 1.53. The van der Waals surface area contributed by atoms with E-state index in [9.17, 15) is 4.79 Å². The Morgan fingerprint density at radius 1 is 1.45 bits per heavy atom. The Labute approximate surface area is 123 Å². The maximum Gasteiger partial charge on any atom is 0.271 e. The van der Waals surface area contributed by atoms with Crippen molar-refractivity contribution < 1.29 is 9.53 Å². The van der Waals surface area contributed by atoms with Gasteiger partial charge >= 0.3 is 0 Å². The van der Waals surface area contributed by atoms with E-state index in [0.29, 0.717) is 36.9 Å². The van der Waals surface area contributed by atoms with Gasteiger partial charge in [0.1, 0.15) is 0 Å². The van der Waals surface area contributed by atoms with Crippen molar-refractivity contribution in [1.82, 2.24) is 15.5 Å². The Morgan fingerprint density at radius 2 is 2.20 bits per heavy atom. The Morgan fingerprint density at radius 3 is 2.70 bits per heavy atom. The predicted molar refractivity (Wildman–Crippen MR) is 80.9 cm³/mol. The van der Waals surface area contributed by atoms with E-state index in [1.807, 2.05) is 4.90 Å². The molecule has 1 aromatic heterocycles. The van der Waals surface area contributed by atoms with Crippen LogP contribution in [-0.2, 0) is 4.74 Å². The molecule has 0 radical (unpaired) electrons. The molecule has 110 valence electrons. The van der Waals surface area contributed by atoms with Gasteiger partial charge in [0.25, 0.3) is 5.91 Å². The van der Waals surface area contributed by atoms with Gasteiger partial charge in [-0.15, -0.1) is 10.2 Å². The molecule has 1 rings (SSSR count). The molecule has 0 aliphatic heterocycles. The summed E-state index contributed by atoms with van der Waals surface area (Å²) in [6, 6.07) is 3.37. The SMILES string of the molecule is CNC(=O)c1ccc(N(CCOC)CCC(N)=S)nn1. The fraction of sp³-hybridized carbons (Fsp3) is 0.500. The molecule has 0 aliphatic rings. The Balaban J connectivity index is 2.78. The first-order chi connectivity index (χ1) is 9.58. The van der Waals surface area contributed by atoms with Gasteiger partial charge in [0, 0.05) is 33.7 Å². The zero-order valence-electron chi connectivity index (χ0n) is 11.6. The van der Waals surface area contributed by atoms with Gasteiger partial charge in [-0.05, 0) is 12.1 Å². The van der Waals surface area contributed by atoms with E-state index in [1.165, 1.54) is 0 Å². The Hall–Kier alpha value is -1.80. The number of carbonyl (C=O) groups is 1. The van der Waals surface area contributed by atoms with Crippen LogP contribution >= 0.6 is 12.2 Å². The Bertz CT molecular complexity index is 452. The molecule has 1 heterocycles. The average Bonchev–Trinajstić information content (AvgIpc) is 2.46. The number of anilines is 1. The van der Waals surface area contributed by atoms with Crippen LogP contribution in [0.4, 0.5) is 5.82 Å². The second-order valence-corrected chi connectivity index (χ2v) is 4.58. The van der Waals surface area contributed by atoms with Crippen LogP contribution in [0.2, 0.25) is 0 Å². The number of amides is 1. The number of hydrogen-bond acceptors (Lipinski definition) is 6. The molecule has 0 unspecified atom stereocenters. The summed E-state index contributed by atoms with van der Waals surface area (Å²) >= 11 is 4.88. The molecule has 20 heavy (non-hydrogen) atoms. The van der Waals surface area contributed by atoms with Gasteiger partial charge in [-0.3, -0.25) is 4.79 Å². The number of hydrogen-bond donors (Lipinski definition) is 2. The normalized spacial score (nSPS) is 10.1. The van der Waals surface area contributed by atoms with Gasteiger partial charge < -0.3 is 20.7 Å². The molecule has 0 aliphatic carbocycles. The molecule has 1 amide bonds. The van der Waals surface area contributed by atoms with Gasteiger partial charge in [0.15, 0.2) is 11.5 Å². The summed E-state index contributed by atoms with van der Waals surface area (Å²) in [5.41, 5.74) is 5.79. The van der Waals surface area contributed by atoms with Crippen molar-refractivity contribution in [3.05, 3.63) is 17.8 Å². The van der Waals surface area contributed by atoms with Crippen molar-refractivity contribution in [3.8, 4) is 0 Å². The van der Waals surface area contributed by atoms with Crippen LogP contribution in [0.3, 0.4) is 0 Å². The smallest absolute Gasteiger partial charge is 0.271 e. The predicted octanol–water partition coefficient (Wildman–Crippen LogP) is -0.0348. The highest BCUT2D eigenvalue weighted by Gasteiger charge is 2.11. The number of nitrogens with two attached hydrogens (primary N) is 1. The number of thiocarbonyl (C=S) groups is 1. The van der Waals surface area contributed by atoms with Crippen LogP contribution < -0.4 is 16.0 Å². The largest absolute Gasteiger partial charge is 0.393 e. The summed E-state index contributed by atoms with van der Waals surface area (Å²) in [5, 5.41) is 10.4. The zero-order chi connectivity index (χ0) is 15.0. The minimum absolute atomic E-state index is 0.268. The van der Waals surface area contributed by atoms with E-state index in [1.54, 1.807) is 26.3 Å². The molecule has 0 saturated heterocycles. The third kappa shape index (κ3) is 5.06. The lowest BCUT2D eigenvalue weighted by molar-refractivity contribution is 0.0957. The molecule has 0 saturated carbocycles. The van der Waals surface area contributed by atoms with Crippen molar-refractivity contribution >= 4 is 28.9 Å². The first-order valence-electron chi connectivity index (χ1n) is 6.16. The average molecular weight is 297 g/mol. The van der Waals surface area contributed by atoms with Crippen LogP contribution in [0.15, 0.2) is 12.1 Å². The minimum atomic E-state index is -0.268. The van der Waals surface area contributed by atoms with E-state index in [0.717, 1.165) is 0 Å². The zero-order valence-corrected chi connectivity index (χ0v) is 12.4. The highest BCUT2D eigenvalue weighted by atomic mass is 32.1. The lowest BCUT2D eigenvalue weighted by Gasteiger charge is -2.22. The monoisotopic (exact) mass is 297 g/mol. The maximum absolute atomic E-state index is 11.4. The second-order valence-electron chi connectivity index (χ2n) is 4.05. The lowest BCUT2D eigenvalue weighted by atomic mass is 10.3. The van der Waals surface area contributed by atoms with Crippen molar-refractivity contribution in [2.45, 2.75) is 6.42 Å². The second kappa shape index (κ2) is 8.39. The first-order valence-corrected chi connectivity index (χ1v) is 6.57. The van der Waals surface area contributed by atoms with Crippen LogP contribution in [0, 0.1) is 0 Å². The van der Waals surface area contributed by atoms with Crippen LogP contribution in [0.1, 0.15) is 16.9 Å². The summed E-state index contributed by atoms with van der Waals surface area (Å²) in [6.45, 7) is 1.83. The number of rotatable bonds is 8. The third-order valence-electron chi connectivity index (χ3n) is 2.63. The molecule has 3 N–H and O–H groups in total. The lowest BCUT2D eigenvalue weighted by Crippen LogP contribution is -2.31. The maximum atomic E-state index is 11.4. The highest BCUT2D eigenvalue weighted by Crippen LogP contribution is 2.10. The summed E-state index contributed by atoms with van der Waals surface area (Å²) in [7, 11) is 3.18. The number of ether oxygens (including phenoxy) is 1. The van der Waals surface area contributed by atoms with Gasteiger partial charge in [0.05, 0.1) is 11.6 Å². The van der Waals surface area contributed by atoms with Crippen molar-refractivity contribution in [2.24, 2.45) is 5.73 Å². The summed E-state index contributed by atoms with van der Waals surface area (Å²) in [6.07, 6.45) is 0.581. The molecular formula is C12H19N5O2S. The molecule has 0 aromatic carbocycles. The first kappa shape index (κ1) is 16.3. The van der Waals surface area contributed by atoms with E-state index in [-0.39, 0.29) is 11.6 Å². The summed E-state index contributed by atoms with van der Waals surface area (Å²) < 4.78 is 5.06. The minimum Gasteiger partial charge on any atom is -0.393 e. The van der Waals surface area contributed by atoms with Gasteiger partial charge in [-0.25, -0.2) is 0 Å². The van der Waals surface area contributed by atoms with Gasteiger partial charge in [-0.2, -0.15) is 0 Å². The Kier molecular flexibility index (Phi) is 6.82. The molecule has 8 heteroatoms. The number of methoxy groups -OCH3 is 1. The number of nitrogens with zero attached hydrogens (tertiary/aromatic N) is 3. The van der Waals surface area contributed by atoms with Crippen LogP contribution in [0.25, 0.3) is 0 Å². The molecule has 0 bridgehead atoms. The van der Waals surface area contributed by atoms with Crippen molar-refractivity contribution in [1.29, 1.82) is 0 Å². The molecule has 1 aromatic rings.